The summed E-state index contributed by atoms with van der Waals surface area (Å²) in [7, 11) is 1.33. The molecule has 1 unspecified atom stereocenters. The van der Waals surface area contributed by atoms with Crippen LogP contribution in [0.15, 0.2) is 18.2 Å². The van der Waals surface area contributed by atoms with E-state index in [9.17, 15) is 4.79 Å². The van der Waals surface area contributed by atoms with Crippen molar-refractivity contribution in [3.63, 3.8) is 0 Å². The molecule has 0 aromatic heterocycles. The van der Waals surface area contributed by atoms with Crippen molar-refractivity contribution in [2.45, 2.75) is 18.2 Å². The van der Waals surface area contributed by atoms with Crippen molar-refractivity contribution >= 4 is 40.9 Å². The van der Waals surface area contributed by atoms with Crippen LogP contribution >= 0.6 is 35.0 Å². The molecule has 2 N–H and O–H groups in total. The van der Waals surface area contributed by atoms with Gasteiger partial charge in [-0.15, -0.1) is 0 Å². The number of hydrogen-bond acceptors (Lipinski definition) is 4. The largest absolute Gasteiger partial charge is 0.468 e. The van der Waals surface area contributed by atoms with Crippen LogP contribution in [0, 0.1) is 0 Å². The highest BCUT2D eigenvalue weighted by Gasteiger charge is 2.13. The van der Waals surface area contributed by atoms with Crippen LogP contribution < -0.4 is 5.73 Å². The second-order valence-electron chi connectivity index (χ2n) is 3.68. The predicted molar refractivity (Wildman–Crippen MR) is 77.2 cm³/mol. The third kappa shape index (κ3) is 4.69. The molecule has 0 heterocycles. The Kier molecular flexibility index (Phi) is 6.86. The molecule has 0 amide bonds. The molecule has 0 saturated carbocycles. The summed E-state index contributed by atoms with van der Waals surface area (Å²) < 4.78 is 4.55. The van der Waals surface area contributed by atoms with E-state index in [-0.39, 0.29) is 5.97 Å². The van der Waals surface area contributed by atoms with Crippen molar-refractivity contribution in [3.8, 4) is 0 Å². The lowest BCUT2D eigenvalue weighted by Gasteiger charge is -2.09. The zero-order valence-electron chi connectivity index (χ0n) is 9.99. The lowest BCUT2D eigenvalue weighted by Crippen LogP contribution is -2.31. The van der Waals surface area contributed by atoms with E-state index in [1.165, 1.54) is 7.11 Å². The Morgan fingerprint density at radius 1 is 1.50 bits per heavy atom. The number of carbonyl (C=O) groups is 1. The van der Waals surface area contributed by atoms with Crippen molar-refractivity contribution in [3.05, 3.63) is 33.8 Å². The van der Waals surface area contributed by atoms with E-state index >= 15 is 0 Å². The lowest BCUT2D eigenvalue weighted by atomic mass is 10.2. The molecule has 1 atom stereocenters. The van der Waals surface area contributed by atoms with E-state index in [4.69, 9.17) is 28.9 Å². The molecule has 6 heteroatoms. The lowest BCUT2D eigenvalue weighted by molar-refractivity contribution is -0.142. The fourth-order valence-corrected chi connectivity index (χ4v) is 2.81. The van der Waals surface area contributed by atoms with Gasteiger partial charge in [-0.2, -0.15) is 11.8 Å². The highest BCUT2D eigenvalue weighted by Crippen LogP contribution is 2.28. The second kappa shape index (κ2) is 7.89. The summed E-state index contributed by atoms with van der Waals surface area (Å²) in [5.41, 5.74) is 6.61. The summed E-state index contributed by atoms with van der Waals surface area (Å²) in [6, 6.07) is 4.99. The van der Waals surface area contributed by atoms with E-state index in [2.05, 4.69) is 4.74 Å². The van der Waals surface area contributed by atoms with Crippen LogP contribution in [0.1, 0.15) is 12.0 Å². The van der Waals surface area contributed by atoms with Crippen molar-refractivity contribution in [1.29, 1.82) is 0 Å². The summed E-state index contributed by atoms with van der Waals surface area (Å²) in [6.07, 6.45) is 0.579. The van der Waals surface area contributed by atoms with Gasteiger partial charge in [-0.3, -0.25) is 4.79 Å². The molecule has 0 aliphatic heterocycles. The highest BCUT2D eigenvalue weighted by molar-refractivity contribution is 7.98. The Labute approximate surface area is 121 Å². The van der Waals surface area contributed by atoms with Crippen LogP contribution in [0.25, 0.3) is 0 Å². The minimum atomic E-state index is -0.558. The number of rotatable bonds is 6. The van der Waals surface area contributed by atoms with E-state index < -0.39 is 6.04 Å². The van der Waals surface area contributed by atoms with Gasteiger partial charge in [-0.25, -0.2) is 0 Å². The average molecular weight is 308 g/mol. The number of methoxy groups -OCH3 is 1. The van der Waals surface area contributed by atoms with Gasteiger partial charge in [0.1, 0.15) is 6.04 Å². The molecule has 1 rings (SSSR count). The fraction of sp³-hybridized carbons (Fsp3) is 0.417. The number of esters is 1. The zero-order valence-corrected chi connectivity index (χ0v) is 12.3. The van der Waals surface area contributed by atoms with Gasteiger partial charge in [0, 0.05) is 5.75 Å². The number of carbonyl (C=O) groups excluding carboxylic acids is 1. The summed E-state index contributed by atoms with van der Waals surface area (Å²) in [6.45, 7) is 0. The fourth-order valence-electron chi connectivity index (χ4n) is 1.32. The molecular formula is C12H15Cl2NO2S. The molecule has 0 aliphatic rings. The predicted octanol–water partition coefficient (Wildman–Crippen LogP) is 3.12. The van der Waals surface area contributed by atoms with Crippen LogP contribution in [-0.4, -0.2) is 24.9 Å². The number of nitrogens with two attached hydrogens (primary N) is 1. The van der Waals surface area contributed by atoms with Crippen LogP contribution in [0.5, 0.6) is 0 Å². The van der Waals surface area contributed by atoms with E-state index in [1.54, 1.807) is 17.8 Å². The smallest absolute Gasteiger partial charge is 0.322 e. The van der Waals surface area contributed by atoms with Crippen LogP contribution in [0.2, 0.25) is 10.0 Å². The Hall–Kier alpha value is -0.420. The van der Waals surface area contributed by atoms with Crippen LogP contribution in [0.3, 0.4) is 0 Å². The molecule has 1 aromatic rings. The van der Waals surface area contributed by atoms with Crippen LogP contribution in [-0.2, 0) is 15.3 Å². The number of benzene rings is 1. The van der Waals surface area contributed by atoms with Gasteiger partial charge in [0.05, 0.1) is 17.2 Å². The molecule has 100 valence electrons. The Bertz CT molecular complexity index is 415. The van der Waals surface area contributed by atoms with E-state index in [0.717, 1.165) is 17.1 Å². The third-order valence-corrected chi connectivity index (χ3v) is 4.26. The van der Waals surface area contributed by atoms with Crippen LogP contribution in [0.4, 0.5) is 0 Å². The Morgan fingerprint density at radius 3 is 2.89 bits per heavy atom. The summed E-state index contributed by atoms with van der Waals surface area (Å²) in [4.78, 5) is 11.1. The quantitative estimate of drug-likeness (QED) is 0.648. The van der Waals surface area contributed by atoms with Gasteiger partial charge in [0.25, 0.3) is 0 Å². The first-order valence-corrected chi connectivity index (χ1v) is 7.31. The van der Waals surface area contributed by atoms with Crippen molar-refractivity contribution in [1.82, 2.24) is 0 Å². The average Bonchev–Trinajstić information content (AvgIpc) is 2.38. The molecule has 0 spiro atoms. The molecular weight excluding hydrogens is 293 g/mol. The molecule has 0 aliphatic carbocycles. The first kappa shape index (κ1) is 15.6. The maximum atomic E-state index is 11.1. The molecule has 0 fully saturated rings. The number of thioether (sulfide) groups is 1. The molecule has 1 aromatic carbocycles. The van der Waals surface area contributed by atoms with Gasteiger partial charge in [0.2, 0.25) is 0 Å². The number of ether oxygens (including phenoxy) is 1. The standard InChI is InChI=1S/C12H15Cl2NO2S/c1-17-12(16)10(15)5-6-18-7-8-3-2-4-9(13)11(8)14/h2-4,10H,5-7,15H2,1H3. The SMILES string of the molecule is COC(=O)C(N)CCSCc1cccc(Cl)c1Cl. The zero-order chi connectivity index (χ0) is 13.5. The second-order valence-corrected chi connectivity index (χ2v) is 5.57. The summed E-state index contributed by atoms with van der Waals surface area (Å²) >= 11 is 13.6. The number of hydrogen-bond donors (Lipinski definition) is 1. The Balaban J connectivity index is 2.34. The topological polar surface area (TPSA) is 52.3 Å². The van der Waals surface area contributed by atoms with E-state index in [1.807, 2.05) is 12.1 Å². The van der Waals surface area contributed by atoms with Gasteiger partial charge in [-0.1, -0.05) is 35.3 Å². The van der Waals surface area contributed by atoms with Crippen molar-refractivity contribution in [2.75, 3.05) is 12.9 Å². The van der Waals surface area contributed by atoms with Gasteiger partial charge in [0.15, 0.2) is 0 Å². The normalized spacial score (nSPS) is 12.2. The van der Waals surface area contributed by atoms with Crippen molar-refractivity contribution < 1.29 is 9.53 Å². The highest BCUT2D eigenvalue weighted by atomic mass is 35.5. The summed E-state index contributed by atoms with van der Waals surface area (Å²) in [5.74, 6) is 1.13. The molecule has 0 bridgehead atoms. The molecule has 18 heavy (non-hydrogen) atoms. The minimum Gasteiger partial charge on any atom is -0.468 e. The maximum Gasteiger partial charge on any atom is 0.322 e. The first-order chi connectivity index (χ1) is 8.56. The van der Waals surface area contributed by atoms with Gasteiger partial charge >= 0.3 is 5.97 Å². The number of halogens is 2. The minimum absolute atomic E-state index is 0.378. The molecule has 0 saturated heterocycles. The van der Waals surface area contributed by atoms with E-state index in [0.29, 0.717) is 16.5 Å². The monoisotopic (exact) mass is 307 g/mol. The summed E-state index contributed by atoms with van der Waals surface area (Å²) in [5, 5.41) is 1.14. The van der Waals surface area contributed by atoms with Gasteiger partial charge < -0.3 is 10.5 Å². The molecule has 3 nitrogen and oxygen atoms in total. The Morgan fingerprint density at radius 2 is 2.22 bits per heavy atom. The van der Waals surface area contributed by atoms with Crippen molar-refractivity contribution in [2.24, 2.45) is 5.73 Å². The third-order valence-electron chi connectivity index (χ3n) is 2.37. The first-order valence-electron chi connectivity index (χ1n) is 5.40. The van der Waals surface area contributed by atoms with Gasteiger partial charge in [-0.05, 0) is 23.8 Å². The molecule has 0 radical (unpaired) electrons. The maximum absolute atomic E-state index is 11.1.